The molecule has 2 amide bonds. The van der Waals surface area contributed by atoms with Gasteiger partial charge in [0.25, 0.3) is 11.5 Å². The second kappa shape index (κ2) is 6.36. The van der Waals surface area contributed by atoms with Gasteiger partial charge in [0.05, 0.1) is 6.54 Å². The van der Waals surface area contributed by atoms with Gasteiger partial charge in [-0.3, -0.25) is 14.4 Å². The second-order valence-corrected chi connectivity index (χ2v) is 5.53. The second-order valence-electron chi connectivity index (χ2n) is 5.53. The Morgan fingerprint density at radius 2 is 2.00 bits per heavy atom. The molecule has 0 radical (unpaired) electrons. The van der Waals surface area contributed by atoms with Gasteiger partial charge in [-0.25, -0.2) is 0 Å². The first-order chi connectivity index (χ1) is 9.24. The standard InChI is InChI=1S/C14H21N3O3/c1-5-17(9-11(18)16-14(2,3)4)13(20)10-7-6-8-15-12(10)19/h6-8H,5,9H2,1-4H3,(H,15,19)(H,16,18). The number of hydrogen-bond donors (Lipinski definition) is 2. The van der Waals surface area contributed by atoms with E-state index >= 15 is 0 Å². The maximum absolute atomic E-state index is 12.2. The lowest BCUT2D eigenvalue weighted by Gasteiger charge is -2.24. The third-order valence-corrected chi connectivity index (χ3v) is 2.57. The Labute approximate surface area is 118 Å². The summed E-state index contributed by atoms with van der Waals surface area (Å²) in [6.07, 6.45) is 1.46. The largest absolute Gasteiger partial charge is 0.350 e. The molecule has 0 aromatic carbocycles. The van der Waals surface area contributed by atoms with Crippen LogP contribution in [-0.2, 0) is 4.79 Å². The number of carbonyl (C=O) groups excluding carboxylic acids is 2. The van der Waals surface area contributed by atoms with Crippen LogP contribution in [0.5, 0.6) is 0 Å². The van der Waals surface area contributed by atoms with E-state index in [2.05, 4.69) is 10.3 Å². The quantitative estimate of drug-likeness (QED) is 0.853. The lowest BCUT2D eigenvalue weighted by atomic mass is 10.1. The number of hydrogen-bond acceptors (Lipinski definition) is 3. The molecule has 0 spiro atoms. The van der Waals surface area contributed by atoms with E-state index in [9.17, 15) is 14.4 Å². The van der Waals surface area contributed by atoms with Gasteiger partial charge in [0.2, 0.25) is 5.91 Å². The van der Waals surface area contributed by atoms with Crippen molar-refractivity contribution in [2.75, 3.05) is 13.1 Å². The van der Waals surface area contributed by atoms with Crippen LogP contribution in [0, 0.1) is 0 Å². The van der Waals surface area contributed by atoms with Gasteiger partial charge in [0.1, 0.15) is 5.56 Å². The fourth-order valence-electron chi connectivity index (χ4n) is 1.72. The molecule has 1 aromatic rings. The predicted molar refractivity (Wildman–Crippen MR) is 76.5 cm³/mol. The Morgan fingerprint density at radius 3 is 2.50 bits per heavy atom. The van der Waals surface area contributed by atoms with Gasteiger partial charge in [0, 0.05) is 18.3 Å². The average Bonchev–Trinajstić information content (AvgIpc) is 2.33. The van der Waals surface area contributed by atoms with Crippen molar-refractivity contribution in [2.45, 2.75) is 33.2 Å². The average molecular weight is 279 g/mol. The number of aromatic nitrogens is 1. The molecule has 6 nitrogen and oxygen atoms in total. The molecule has 0 saturated carbocycles. The Balaban J connectivity index is 2.82. The first-order valence-electron chi connectivity index (χ1n) is 6.52. The van der Waals surface area contributed by atoms with Crippen LogP contribution in [0.25, 0.3) is 0 Å². The summed E-state index contributed by atoms with van der Waals surface area (Å²) in [5, 5.41) is 2.79. The van der Waals surface area contributed by atoms with Gasteiger partial charge in [-0.05, 0) is 39.8 Å². The minimum absolute atomic E-state index is 0.0397. The molecule has 0 fully saturated rings. The van der Waals surface area contributed by atoms with Crippen LogP contribution in [0.4, 0.5) is 0 Å². The summed E-state index contributed by atoms with van der Waals surface area (Å²) >= 11 is 0. The zero-order valence-electron chi connectivity index (χ0n) is 12.3. The van der Waals surface area contributed by atoms with Gasteiger partial charge in [-0.1, -0.05) is 0 Å². The molecule has 0 saturated heterocycles. The maximum Gasteiger partial charge on any atom is 0.260 e. The summed E-state index contributed by atoms with van der Waals surface area (Å²) in [7, 11) is 0. The van der Waals surface area contributed by atoms with Crippen LogP contribution in [-0.4, -0.2) is 40.3 Å². The SMILES string of the molecule is CCN(CC(=O)NC(C)(C)C)C(=O)c1ccc[nH]c1=O. The van der Waals surface area contributed by atoms with Crippen molar-refractivity contribution in [3.05, 3.63) is 34.2 Å². The molecular formula is C14H21N3O3. The van der Waals surface area contributed by atoms with Crippen molar-refractivity contribution in [2.24, 2.45) is 0 Å². The highest BCUT2D eigenvalue weighted by Gasteiger charge is 2.21. The van der Waals surface area contributed by atoms with E-state index in [-0.39, 0.29) is 23.6 Å². The molecule has 0 unspecified atom stereocenters. The third kappa shape index (κ3) is 4.53. The number of H-pyrrole nitrogens is 1. The zero-order chi connectivity index (χ0) is 15.3. The minimum Gasteiger partial charge on any atom is -0.350 e. The monoisotopic (exact) mass is 279 g/mol. The van der Waals surface area contributed by atoms with Gasteiger partial charge in [0.15, 0.2) is 0 Å². The molecule has 0 atom stereocenters. The highest BCUT2D eigenvalue weighted by atomic mass is 16.2. The summed E-state index contributed by atoms with van der Waals surface area (Å²) in [5.41, 5.74) is -0.769. The summed E-state index contributed by atoms with van der Waals surface area (Å²) in [4.78, 5) is 39.5. The van der Waals surface area contributed by atoms with Crippen molar-refractivity contribution < 1.29 is 9.59 Å². The number of nitrogens with zero attached hydrogens (tertiary/aromatic N) is 1. The van der Waals surface area contributed by atoms with Gasteiger partial charge >= 0.3 is 0 Å². The number of aromatic amines is 1. The highest BCUT2D eigenvalue weighted by Crippen LogP contribution is 2.02. The summed E-state index contributed by atoms with van der Waals surface area (Å²) in [6.45, 7) is 7.64. The van der Waals surface area contributed by atoms with Crippen molar-refractivity contribution in [1.29, 1.82) is 0 Å². The van der Waals surface area contributed by atoms with Crippen LogP contribution >= 0.6 is 0 Å². The van der Waals surface area contributed by atoms with E-state index in [0.29, 0.717) is 6.54 Å². The molecule has 0 bridgehead atoms. The molecule has 1 aromatic heterocycles. The van der Waals surface area contributed by atoms with Crippen LogP contribution < -0.4 is 10.9 Å². The molecule has 1 heterocycles. The maximum atomic E-state index is 12.2. The van der Waals surface area contributed by atoms with Crippen LogP contribution in [0.1, 0.15) is 38.1 Å². The van der Waals surface area contributed by atoms with Crippen molar-refractivity contribution in [3.8, 4) is 0 Å². The molecule has 110 valence electrons. The first kappa shape index (κ1) is 15.9. The van der Waals surface area contributed by atoms with Crippen LogP contribution in [0.3, 0.4) is 0 Å². The lowest BCUT2D eigenvalue weighted by molar-refractivity contribution is -0.123. The van der Waals surface area contributed by atoms with Crippen molar-refractivity contribution in [3.63, 3.8) is 0 Å². The van der Waals surface area contributed by atoms with E-state index in [1.165, 1.54) is 17.2 Å². The number of amides is 2. The predicted octanol–water partition coefficient (Wildman–Crippen LogP) is 0.752. The summed E-state index contributed by atoms with van der Waals surface area (Å²) in [5.74, 6) is -0.696. The molecule has 2 N–H and O–H groups in total. The zero-order valence-corrected chi connectivity index (χ0v) is 12.3. The summed E-state index contributed by atoms with van der Waals surface area (Å²) in [6, 6.07) is 3.03. The molecule has 0 aliphatic carbocycles. The minimum atomic E-state index is -0.452. The van der Waals surface area contributed by atoms with E-state index in [4.69, 9.17) is 0 Å². The van der Waals surface area contributed by atoms with Crippen LogP contribution in [0.15, 0.2) is 23.1 Å². The normalized spacial score (nSPS) is 11.0. The highest BCUT2D eigenvalue weighted by molar-refractivity contribution is 5.96. The molecule has 6 heteroatoms. The number of pyridine rings is 1. The Hall–Kier alpha value is -2.11. The van der Waals surface area contributed by atoms with Crippen LogP contribution in [0.2, 0.25) is 0 Å². The summed E-state index contributed by atoms with van der Waals surface area (Å²) < 4.78 is 0. The number of nitrogens with one attached hydrogen (secondary N) is 2. The Kier molecular flexibility index (Phi) is 5.07. The smallest absolute Gasteiger partial charge is 0.260 e. The molecule has 0 aliphatic heterocycles. The number of carbonyl (C=O) groups is 2. The van der Waals surface area contributed by atoms with E-state index in [1.54, 1.807) is 13.0 Å². The van der Waals surface area contributed by atoms with E-state index in [0.717, 1.165) is 0 Å². The van der Waals surface area contributed by atoms with Crippen molar-refractivity contribution in [1.82, 2.24) is 15.2 Å². The van der Waals surface area contributed by atoms with E-state index in [1.807, 2.05) is 20.8 Å². The molecule has 1 rings (SSSR count). The Bertz CT molecular complexity index is 543. The first-order valence-corrected chi connectivity index (χ1v) is 6.52. The molecule has 20 heavy (non-hydrogen) atoms. The lowest BCUT2D eigenvalue weighted by Crippen LogP contribution is -2.47. The number of rotatable bonds is 4. The topological polar surface area (TPSA) is 82.3 Å². The van der Waals surface area contributed by atoms with Gasteiger partial charge < -0.3 is 15.2 Å². The fraction of sp³-hybridized carbons (Fsp3) is 0.500. The van der Waals surface area contributed by atoms with Gasteiger partial charge in [-0.2, -0.15) is 0 Å². The Morgan fingerprint density at radius 1 is 1.35 bits per heavy atom. The number of likely N-dealkylation sites (N-methyl/N-ethyl adjacent to an activating group) is 1. The fourth-order valence-corrected chi connectivity index (χ4v) is 1.72. The molecule has 0 aliphatic rings. The van der Waals surface area contributed by atoms with Crippen molar-refractivity contribution >= 4 is 11.8 Å². The van der Waals surface area contributed by atoms with E-state index < -0.39 is 11.5 Å². The third-order valence-electron chi connectivity index (χ3n) is 2.57. The van der Waals surface area contributed by atoms with Gasteiger partial charge in [-0.15, -0.1) is 0 Å². The molecular weight excluding hydrogens is 258 g/mol.